The van der Waals surface area contributed by atoms with Crippen molar-refractivity contribution in [1.82, 2.24) is 6.15 Å². The standard InChI is InChI=1S/C34H56O3S.H3N/c1-3-5-7-9-11-13-15-17-19-21-25-30-29-31-26-23-24-28-33(31)34(38(35,36)37)32(30)27-22-20-18-16-14-12-10-8-6-4-2;/h23-24,26,28-29H,3-22,25,27H2,1-2H3,(H,35,36,37);1H3. The second-order valence-corrected chi connectivity index (χ2v) is 12.8. The summed E-state index contributed by atoms with van der Waals surface area (Å²) in [6, 6.07) is 9.80. The van der Waals surface area contributed by atoms with Gasteiger partial charge < -0.3 is 6.15 Å². The highest BCUT2D eigenvalue weighted by Gasteiger charge is 2.22. The second kappa shape index (κ2) is 21.3. The van der Waals surface area contributed by atoms with Gasteiger partial charge in [0.25, 0.3) is 10.1 Å². The molecule has 2 aromatic rings. The van der Waals surface area contributed by atoms with E-state index in [0.717, 1.165) is 48.6 Å². The molecule has 0 unspecified atom stereocenters. The Morgan fingerprint density at radius 2 is 1.00 bits per heavy atom. The van der Waals surface area contributed by atoms with Crippen LogP contribution in [0.15, 0.2) is 35.2 Å². The summed E-state index contributed by atoms with van der Waals surface area (Å²) in [5.41, 5.74) is 1.98. The molecule has 0 atom stereocenters. The summed E-state index contributed by atoms with van der Waals surface area (Å²) < 4.78 is 35.5. The number of hydrogen-bond donors (Lipinski definition) is 2. The van der Waals surface area contributed by atoms with E-state index in [1.807, 2.05) is 24.3 Å². The van der Waals surface area contributed by atoms with Crippen molar-refractivity contribution in [3.8, 4) is 0 Å². The van der Waals surface area contributed by atoms with Gasteiger partial charge in [-0.05, 0) is 42.2 Å². The Balaban J connectivity index is 0.00000760. The molecule has 2 aromatic carbocycles. The lowest BCUT2D eigenvalue weighted by molar-refractivity contribution is 0.482. The first-order valence-electron chi connectivity index (χ1n) is 16.0. The average Bonchev–Trinajstić information content (AvgIpc) is 2.89. The normalized spacial score (nSPS) is 11.7. The molecule has 0 aromatic heterocycles. The fourth-order valence-corrected chi connectivity index (χ4v) is 6.81. The largest absolute Gasteiger partial charge is 0.344 e. The summed E-state index contributed by atoms with van der Waals surface area (Å²) in [5.74, 6) is 0. The van der Waals surface area contributed by atoms with E-state index in [2.05, 4.69) is 19.9 Å². The maximum absolute atomic E-state index is 12.6. The van der Waals surface area contributed by atoms with E-state index in [0.29, 0.717) is 5.39 Å². The zero-order valence-electron chi connectivity index (χ0n) is 25.3. The van der Waals surface area contributed by atoms with Crippen molar-refractivity contribution in [3.05, 3.63) is 41.5 Å². The maximum Gasteiger partial charge on any atom is 0.295 e. The molecule has 0 aliphatic carbocycles. The van der Waals surface area contributed by atoms with Gasteiger partial charge in [-0.2, -0.15) is 8.42 Å². The maximum atomic E-state index is 12.6. The van der Waals surface area contributed by atoms with Crippen LogP contribution in [-0.2, 0) is 23.0 Å². The fourth-order valence-electron chi connectivity index (χ4n) is 5.80. The fraction of sp³-hybridized carbons (Fsp3) is 0.706. The van der Waals surface area contributed by atoms with Crippen molar-refractivity contribution in [2.75, 3.05) is 0 Å². The quantitative estimate of drug-likeness (QED) is 0.104. The van der Waals surface area contributed by atoms with Crippen LogP contribution in [0, 0.1) is 0 Å². The van der Waals surface area contributed by atoms with E-state index in [4.69, 9.17) is 0 Å². The topological polar surface area (TPSA) is 89.4 Å². The molecule has 0 aliphatic heterocycles. The number of hydrogen-bond acceptors (Lipinski definition) is 3. The number of fused-ring (bicyclic) bond motifs is 1. The van der Waals surface area contributed by atoms with Crippen molar-refractivity contribution in [2.24, 2.45) is 0 Å². The molecule has 0 spiro atoms. The van der Waals surface area contributed by atoms with Crippen LogP contribution in [0.2, 0.25) is 0 Å². The monoisotopic (exact) mass is 561 g/mol. The van der Waals surface area contributed by atoms with Crippen LogP contribution in [0.5, 0.6) is 0 Å². The van der Waals surface area contributed by atoms with E-state index >= 15 is 0 Å². The third-order valence-corrected chi connectivity index (χ3v) is 9.02. The minimum Gasteiger partial charge on any atom is -0.344 e. The Kier molecular flexibility index (Phi) is 19.5. The van der Waals surface area contributed by atoms with Crippen molar-refractivity contribution in [2.45, 2.75) is 160 Å². The van der Waals surface area contributed by atoms with Crippen LogP contribution < -0.4 is 6.15 Å². The molecule has 0 saturated carbocycles. The van der Waals surface area contributed by atoms with Gasteiger partial charge in [0.2, 0.25) is 0 Å². The summed E-state index contributed by atoms with van der Waals surface area (Å²) >= 11 is 0. The highest BCUT2D eigenvalue weighted by molar-refractivity contribution is 7.86. The molecule has 0 bridgehead atoms. The molecule has 4 nitrogen and oxygen atoms in total. The Morgan fingerprint density at radius 3 is 1.46 bits per heavy atom. The van der Waals surface area contributed by atoms with Crippen LogP contribution in [0.1, 0.15) is 153 Å². The van der Waals surface area contributed by atoms with E-state index in [9.17, 15) is 13.0 Å². The Morgan fingerprint density at radius 1 is 0.590 bits per heavy atom. The lowest BCUT2D eigenvalue weighted by Gasteiger charge is -2.17. The van der Waals surface area contributed by atoms with Gasteiger partial charge in [-0.15, -0.1) is 0 Å². The first kappa shape index (κ1) is 35.6. The van der Waals surface area contributed by atoms with Crippen LogP contribution in [0.4, 0.5) is 0 Å². The van der Waals surface area contributed by atoms with Gasteiger partial charge in [-0.25, -0.2) is 0 Å². The molecule has 0 aliphatic rings. The predicted octanol–water partition coefficient (Wildman–Crippen LogP) is 11.2. The van der Waals surface area contributed by atoms with Crippen molar-refractivity contribution < 1.29 is 13.0 Å². The van der Waals surface area contributed by atoms with E-state index in [1.165, 1.54) is 109 Å². The van der Waals surface area contributed by atoms with Gasteiger partial charge in [-0.1, -0.05) is 160 Å². The molecular weight excluding hydrogens is 502 g/mol. The van der Waals surface area contributed by atoms with Crippen LogP contribution in [0.3, 0.4) is 0 Å². The molecule has 2 rings (SSSR count). The van der Waals surface area contributed by atoms with Crippen LogP contribution in [-0.4, -0.2) is 13.0 Å². The summed E-state index contributed by atoms with van der Waals surface area (Å²) in [5, 5.41) is 1.57. The van der Waals surface area contributed by atoms with Gasteiger partial charge >= 0.3 is 0 Å². The lowest BCUT2D eigenvalue weighted by Crippen LogP contribution is -2.08. The van der Waals surface area contributed by atoms with Crippen LogP contribution in [0.25, 0.3) is 10.8 Å². The number of aryl methyl sites for hydroxylation is 1. The van der Waals surface area contributed by atoms with E-state index < -0.39 is 10.1 Å². The smallest absolute Gasteiger partial charge is 0.295 e. The first-order chi connectivity index (χ1) is 18.5. The third kappa shape index (κ3) is 14.2. The zero-order chi connectivity index (χ0) is 27.5. The lowest BCUT2D eigenvalue weighted by atomic mass is 9.93. The molecule has 0 amide bonds. The molecule has 224 valence electrons. The zero-order valence-corrected chi connectivity index (χ0v) is 26.1. The Hall–Kier alpha value is -1.43. The number of unbranched alkanes of at least 4 members (excludes halogenated alkanes) is 18. The molecule has 0 fully saturated rings. The van der Waals surface area contributed by atoms with Gasteiger partial charge in [0.05, 0.1) is 0 Å². The van der Waals surface area contributed by atoms with Gasteiger partial charge in [0.1, 0.15) is 4.90 Å². The molecular formula is C34H59NO3S. The Labute approximate surface area is 241 Å². The van der Waals surface area contributed by atoms with Crippen molar-refractivity contribution >= 4 is 20.9 Å². The van der Waals surface area contributed by atoms with Crippen molar-refractivity contribution in [1.29, 1.82) is 0 Å². The Bertz CT molecular complexity index is 1000. The number of benzene rings is 2. The summed E-state index contributed by atoms with van der Waals surface area (Å²) in [6.07, 6.45) is 27.0. The molecule has 0 radical (unpaired) electrons. The summed E-state index contributed by atoms with van der Waals surface area (Å²) in [4.78, 5) is 0.161. The summed E-state index contributed by atoms with van der Waals surface area (Å²) in [7, 11) is -4.30. The minimum atomic E-state index is -4.30. The molecule has 39 heavy (non-hydrogen) atoms. The predicted molar refractivity (Wildman–Crippen MR) is 170 cm³/mol. The highest BCUT2D eigenvalue weighted by Crippen LogP contribution is 2.32. The van der Waals surface area contributed by atoms with Crippen LogP contribution >= 0.6 is 0 Å². The number of rotatable bonds is 23. The van der Waals surface area contributed by atoms with Gasteiger partial charge in [0.15, 0.2) is 0 Å². The van der Waals surface area contributed by atoms with E-state index in [1.54, 1.807) is 0 Å². The molecule has 0 saturated heterocycles. The van der Waals surface area contributed by atoms with Crippen molar-refractivity contribution in [3.63, 3.8) is 0 Å². The molecule has 4 N–H and O–H groups in total. The molecule has 0 heterocycles. The van der Waals surface area contributed by atoms with E-state index in [-0.39, 0.29) is 11.0 Å². The average molecular weight is 562 g/mol. The van der Waals surface area contributed by atoms with Gasteiger partial charge in [-0.3, -0.25) is 4.55 Å². The van der Waals surface area contributed by atoms with Gasteiger partial charge in [0, 0.05) is 5.39 Å². The third-order valence-electron chi connectivity index (χ3n) is 8.03. The highest BCUT2D eigenvalue weighted by atomic mass is 32.2. The molecule has 5 heteroatoms. The SMILES string of the molecule is CCCCCCCCCCCCc1cc2ccccc2c(S(=O)(=O)O)c1CCCCCCCCCCCC.N. The summed E-state index contributed by atoms with van der Waals surface area (Å²) in [6.45, 7) is 4.52. The first-order valence-corrected chi connectivity index (χ1v) is 17.4. The second-order valence-electron chi connectivity index (χ2n) is 11.4. The minimum absolute atomic E-state index is 0.